The van der Waals surface area contributed by atoms with Crippen molar-refractivity contribution in [3.05, 3.63) is 59.7 Å². The zero-order valence-electron chi connectivity index (χ0n) is 19.2. The maximum atomic E-state index is 5.44. The number of nitrogens with zero attached hydrogens (tertiary/aromatic N) is 3. The van der Waals surface area contributed by atoms with E-state index < -0.39 is 0 Å². The SMILES string of the molecule is CN=C(NCc1ccc(N2CCOCC2)cc1)NC(C)c1cccc(N2CCCC2)c1.I. The van der Waals surface area contributed by atoms with Crippen molar-refractivity contribution < 1.29 is 4.74 Å². The monoisotopic (exact) mass is 549 g/mol. The molecule has 2 fully saturated rings. The quantitative estimate of drug-likeness (QED) is 0.322. The van der Waals surface area contributed by atoms with E-state index in [-0.39, 0.29) is 30.0 Å². The van der Waals surface area contributed by atoms with Crippen LogP contribution in [0.3, 0.4) is 0 Å². The lowest BCUT2D eigenvalue weighted by Gasteiger charge is -2.29. The Hall–Kier alpha value is -2.00. The van der Waals surface area contributed by atoms with Crippen molar-refractivity contribution >= 4 is 41.3 Å². The normalized spacial score (nSPS) is 17.6. The zero-order valence-corrected chi connectivity index (χ0v) is 21.5. The standard InChI is InChI=1S/C25H35N5O.HI/c1-20(22-6-5-7-24(18-22)29-12-3-4-13-29)28-25(26-2)27-19-21-8-10-23(11-9-21)30-14-16-31-17-15-30;/h5-11,18,20H,3-4,12-17,19H2,1-2H3,(H2,26,27,28);1H. The summed E-state index contributed by atoms with van der Waals surface area (Å²) in [5.74, 6) is 0.816. The van der Waals surface area contributed by atoms with Gasteiger partial charge in [-0.2, -0.15) is 0 Å². The van der Waals surface area contributed by atoms with E-state index in [0.29, 0.717) is 0 Å². The van der Waals surface area contributed by atoms with E-state index in [1.807, 2.05) is 7.05 Å². The smallest absolute Gasteiger partial charge is 0.191 e. The molecule has 6 nitrogen and oxygen atoms in total. The summed E-state index contributed by atoms with van der Waals surface area (Å²) in [5, 5.41) is 6.98. The molecule has 1 unspecified atom stereocenters. The van der Waals surface area contributed by atoms with Crippen LogP contribution in [0.2, 0.25) is 0 Å². The molecule has 0 aromatic heterocycles. The highest BCUT2D eigenvalue weighted by molar-refractivity contribution is 14.0. The summed E-state index contributed by atoms with van der Waals surface area (Å²) in [7, 11) is 1.82. The molecule has 2 aromatic rings. The van der Waals surface area contributed by atoms with Gasteiger partial charge in [-0.1, -0.05) is 24.3 Å². The lowest BCUT2D eigenvalue weighted by Crippen LogP contribution is -2.38. The molecule has 0 spiro atoms. The Kier molecular flexibility index (Phi) is 9.47. The first kappa shape index (κ1) is 24.6. The van der Waals surface area contributed by atoms with Gasteiger partial charge in [-0.3, -0.25) is 4.99 Å². The number of ether oxygens (including phenoxy) is 1. The van der Waals surface area contributed by atoms with Gasteiger partial charge in [0.25, 0.3) is 0 Å². The highest BCUT2D eigenvalue weighted by atomic mass is 127. The molecule has 0 amide bonds. The fourth-order valence-corrected chi connectivity index (χ4v) is 4.28. The summed E-state index contributed by atoms with van der Waals surface area (Å²) < 4.78 is 5.44. The molecule has 2 aliphatic rings. The number of halogens is 1. The van der Waals surface area contributed by atoms with Gasteiger partial charge in [-0.15, -0.1) is 24.0 Å². The Morgan fingerprint density at radius 1 is 0.969 bits per heavy atom. The van der Waals surface area contributed by atoms with Crippen LogP contribution in [-0.2, 0) is 11.3 Å². The number of benzene rings is 2. The third kappa shape index (κ3) is 6.51. The second-order valence-electron chi connectivity index (χ2n) is 8.35. The van der Waals surface area contributed by atoms with Crippen LogP contribution >= 0.6 is 24.0 Å². The third-order valence-electron chi connectivity index (χ3n) is 6.19. The number of morpholine rings is 1. The zero-order chi connectivity index (χ0) is 21.5. The number of rotatable bonds is 6. The number of hydrogen-bond acceptors (Lipinski definition) is 4. The molecule has 32 heavy (non-hydrogen) atoms. The van der Waals surface area contributed by atoms with Crippen LogP contribution in [0.4, 0.5) is 11.4 Å². The Morgan fingerprint density at radius 2 is 1.66 bits per heavy atom. The van der Waals surface area contributed by atoms with Crippen molar-refractivity contribution in [2.24, 2.45) is 4.99 Å². The van der Waals surface area contributed by atoms with E-state index >= 15 is 0 Å². The molecule has 174 valence electrons. The largest absolute Gasteiger partial charge is 0.378 e. The molecule has 2 N–H and O–H groups in total. The van der Waals surface area contributed by atoms with Crippen LogP contribution in [-0.4, -0.2) is 52.4 Å². The van der Waals surface area contributed by atoms with Crippen molar-refractivity contribution in [3.8, 4) is 0 Å². The van der Waals surface area contributed by atoms with Gasteiger partial charge in [0, 0.05) is 51.1 Å². The summed E-state index contributed by atoms with van der Waals surface area (Å²) >= 11 is 0. The molecule has 1 atom stereocenters. The van der Waals surface area contributed by atoms with Crippen molar-refractivity contribution in [1.29, 1.82) is 0 Å². The summed E-state index contributed by atoms with van der Waals surface area (Å²) in [5.41, 5.74) is 5.11. The fraction of sp³-hybridized carbons (Fsp3) is 0.480. The van der Waals surface area contributed by atoms with Gasteiger partial charge in [0.05, 0.1) is 19.3 Å². The van der Waals surface area contributed by atoms with Crippen LogP contribution in [0, 0.1) is 0 Å². The average Bonchev–Trinajstić information content (AvgIpc) is 3.38. The number of hydrogen-bond donors (Lipinski definition) is 2. The van der Waals surface area contributed by atoms with Crippen LogP contribution in [0.15, 0.2) is 53.5 Å². The Labute approximate surface area is 209 Å². The van der Waals surface area contributed by atoms with Gasteiger partial charge in [0.2, 0.25) is 0 Å². The van der Waals surface area contributed by atoms with Crippen LogP contribution in [0.1, 0.15) is 36.9 Å². The van der Waals surface area contributed by atoms with Crippen LogP contribution < -0.4 is 20.4 Å². The first-order chi connectivity index (χ1) is 15.2. The van der Waals surface area contributed by atoms with E-state index in [0.717, 1.165) is 38.8 Å². The van der Waals surface area contributed by atoms with E-state index in [4.69, 9.17) is 4.74 Å². The molecular formula is C25H36IN5O. The minimum absolute atomic E-state index is 0. The lowest BCUT2D eigenvalue weighted by molar-refractivity contribution is 0.122. The van der Waals surface area contributed by atoms with E-state index in [1.165, 1.54) is 48.4 Å². The van der Waals surface area contributed by atoms with Crippen molar-refractivity contribution in [3.63, 3.8) is 0 Å². The van der Waals surface area contributed by atoms with E-state index in [2.05, 4.69) is 80.9 Å². The molecular weight excluding hydrogens is 513 g/mol. The van der Waals surface area contributed by atoms with Crippen molar-refractivity contribution in [2.45, 2.75) is 32.4 Å². The number of anilines is 2. The number of guanidine groups is 1. The molecule has 2 heterocycles. The average molecular weight is 550 g/mol. The topological polar surface area (TPSA) is 52.1 Å². The van der Waals surface area contributed by atoms with Crippen molar-refractivity contribution in [2.75, 3.05) is 56.2 Å². The van der Waals surface area contributed by atoms with Crippen LogP contribution in [0.25, 0.3) is 0 Å². The molecule has 4 rings (SSSR count). The Bertz CT molecular complexity index is 861. The Morgan fingerprint density at radius 3 is 2.34 bits per heavy atom. The molecule has 0 aliphatic carbocycles. The summed E-state index contributed by atoms with van der Waals surface area (Å²) in [4.78, 5) is 9.27. The van der Waals surface area contributed by atoms with Crippen LogP contribution in [0.5, 0.6) is 0 Å². The van der Waals surface area contributed by atoms with E-state index in [9.17, 15) is 0 Å². The highest BCUT2D eigenvalue weighted by Gasteiger charge is 2.15. The molecule has 0 radical (unpaired) electrons. The second kappa shape index (κ2) is 12.3. The molecule has 0 saturated carbocycles. The lowest BCUT2D eigenvalue weighted by atomic mass is 10.1. The van der Waals surface area contributed by atoms with E-state index in [1.54, 1.807) is 0 Å². The van der Waals surface area contributed by atoms with Crippen molar-refractivity contribution in [1.82, 2.24) is 10.6 Å². The van der Waals surface area contributed by atoms with Gasteiger partial charge in [0.15, 0.2) is 5.96 Å². The molecule has 2 saturated heterocycles. The van der Waals surface area contributed by atoms with Gasteiger partial charge in [-0.05, 0) is 55.2 Å². The molecule has 2 aliphatic heterocycles. The Balaban J connectivity index is 0.00000289. The number of nitrogens with one attached hydrogen (secondary N) is 2. The summed E-state index contributed by atoms with van der Waals surface area (Å²) in [6, 6.07) is 17.8. The van der Waals surface area contributed by atoms with Gasteiger partial charge in [0.1, 0.15) is 0 Å². The first-order valence-corrected chi connectivity index (χ1v) is 11.5. The molecule has 0 bridgehead atoms. The minimum Gasteiger partial charge on any atom is -0.378 e. The maximum absolute atomic E-state index is 5.44. The summed E-state index contributed by atoms with van der Waals surface area (Å²) in [6.07, 6.45) is 2.59. The first-order valence-electron chi connectivity index (χ1n) is 11.5. The number of aliphatic imine (C=N–C) groups is 1. The second-order valence-corrected chi connectivity index (χ2v) is 8.35. The van der Waals surface area contributed by atoms with Gasteiger partial charge < -0.3 is 25.2 Å². The molecule has 2 aromatic carbocycles. The third-order valence-corrected chi connectivity index (χ3v) is 6.19. The maximum Gasteiger partial charge on any atom is 0.191 e. The predicted octanol–water partition coefficient (Wildman–Crippen LogP) is 4.17. The molecule has 7 heteroatoms. The van der Waals surface area contributed by atoms with Gasteiger partial charge >= 0.3 is 0 Å². The van der Waals surface area contributed by atoms with Gasteiger partial charge in [-0.25, -0.2) is 0 Å². The summed E-state index contributed by atoms with van der Waals surface area (Å²) in [6.45, 7) is 8.80. The highest BCUT2D eigenvalue weighted by Crippen LogP contribution is 2.24. The fourth-order valence-electron chi connectivity index (χ4n) is 4.28. The predicted molar refractivity (Wildman–Crippen MR) is 145 cm³/mol. The minimum atomic E-state index is 0.